The van der Waals surface area contributed by atoms with Crippen LogP contribution in [-0.4, -0.2) is 17.4 Å². The van der Waals surface area contributed by atoms with Crippen LogP contribution in [0, 0.1) is 34.5 Å². The molecule has 0 spiro atoms. The zero-order valence-electron chi connectivity index (χ0n) is 17.1. The number of hydrogen-bond acceptors (Lipinski definition) is 3. The Kier molecular flexibility index (Phi) is 4.32. The highest BCUT2D eigenvalue weighted by atomic mass is 16.6. The van der Waals surface area contributed by atoms with Crippen LogP contribution < -0.4 is 0 Å². The third-order valence-corrected chi connectivity index (χ3v) is 9.52. The summed E-state index contributed by atoms with van der Waals surface area (Å²) in [7, 11) is 0. The zero-order chi connectivity index (χ0) is 18.7. The van der Waals surface area contributed by atoms with Crippen LogP contribution in [-0.2, 0) is 14.3 Å². The molecule has 0 aromatic heterocycles. The smallest absolute Gasteiger partial charge is 0.303 e. The summed E-state index contributed by atoms with van der Waals surface area (Å²) in [6.07, 6.45) is 11.0. The summed E-state index contributed by atoms with van der Waals surface area (Å²) in [6.45, 7) is 8.52. The molecule has 0 aliphatic heterocycles. The fraction of sp³-hybridized carbons (Fsp3) is 0.913. The molecule has 0 aromatic carbocycles. The van der Waals surface area contributed by atoms with E-state index in [0.717, 1.165) is 50.4 Å². The van der Waals surface area contributed by atoms with Gasteiger partial charge < -0.3 is 4.74 Å². The van der Waals surface area contributed by atoms with Gasteiger partial charge in [0, 0.05) is 18.8 Å². The molecule has 0 radical (unpaired) electrons. The second-order valence-corrected chi connectivity index (χ2v) is 10.4. The van der Waals surface area contributed by atoms with Crippen molar-refractivity contribution in [2.24, 2.45) is 34.5 Å². The predicted molar refractivity (Wildman–Crippen MR) is 102 cm³/mol. The van der Waals surface area contributed by atoms with Crippen LogP contribution in [0.1, 0.15) is 91.9 Å². The Morgan fingerprint density at radius 2 is 1.85 bits per heavy atom. The molecule has 0 heterocycles. The normalized spacial score (nSPS) is 50.5. The van der Waals surface area contributed by atoms with Gasteiger partial charge in [-0.05, 0) is 86.9 Å². The second kappa shape index (κ2) is 6.07. The molecule has 0 bridgehead atoms. The lowest BCUT2D eigenvalue weighted by atomic mass is 9.44. The Bertz CT molecular complexity index is 613. The first-order valence-corrected chi connectivity index (χ1v) is 11.0. The Balaban J connectivity index is 1.58. The number of fused-ring (bicyclic) bond motifs is 5. The number of rotatable bonds is 2. The third-order valence-electron chi connectivity index (χ3n) is 9.52. The summed E-state index contributed by atoms with van der Waals surface area (Å²) in [4.78, 5) is 24.2. The van der Waals surface area contributed by atoms with Crippen molar-refractivity contribution in [2.45, 2.75) is 97.5 Å². The van der Waals surface area contributed by atoms with Gasteiger partial charge in [0.2, 0.25) is 0 Å². The van der Waals surface area contributed by atoms with Crippen molar-refractivity contribution in [3.8, 4) is 0 Å². The van der Waals surface area contributed by atoms with Crippen molar-refractivity contribution in [1.82, 2.24) is 0 Å². The van der Waals surface area contributed by atoms with E-state index in [2.05, 4.69) is 20.8 Å². The highest BCUT2D eigenvalue weighted by molar-refractivity contribution is 5.87. The van der Waals surface area contributed by atoms with Gasteiger partial charge in [0.05, 0.1) is 0 Å². The summed E-state index contributed by atoms with van der Waals surface area (Å²) in [5.41, 5.74) is 0.119. The maximum atomic E-state index is 12.5. The minimum Gasteiger partial charge on any atom is -0.459 e. The molecule has 4 aliphatic carbocycles. The molecule has 3 nitrogen and oxygen atoms in total. The van der Waals surface area contributed by atoms with Crippen molar-refractivity contribution in [3.63, 3.8) is 0 Å². The molecule has 0 aromatic rings. The van der Waals surface area contributed by atoms with Crippen LogP contribution in [0.3, 0.4) is 0 Å². The maximum absolute atomic E-state index is 12.5. The standard InChI is InChI=1S/C23H36O3/c1-5-23(26-15(2)24)13-12-21(3)16(14-23)6-7-17-18-8-9-20(25)22(18,4)11-10-19(17)21/h16-19H,5-14H2,1-4H3/t16-,17+,18+,19-,21-,22-,23+/m0/s1. The lowest BCUT2D eigenvalue weighted by Gasteiger charge is -2.61. The summed E-state index contributed by atoms with van der Waals surface area (Å²) < 4.78 is 5.87. The van der Waals surface area contributed by atoms with Gasteiger partial charge in [-0.1, -0.05) is 20.8 Å². The first kappa shape index (κ1) is 18.5. The van der Waals surface area contributed by atoms with E-state index in [1.165, 1.54) is 25.7 Å². The first-order valence-electron chi connectivity index (χ1n) is 11.0. The van der Waals surface area contributed by atoms with E-state index in [1.54, 1.807) is 6.92 Å². The fourth-order valence-electron chi connectivity index (χ4n) is 7.87. The van der Waals surface area contributed by atoms with Gasteiger partial charge in [-0.15, -0.1) is 0 Å². The summed E-state index contributed by atoms with van der Waals surface area (Å²) in [6, 6.07) is 0. The molecule has 0 unspecified atom stereocenters. The van der Waals surface area contributed by atoms with Gasteiger partial charge in [-0.25, -0.2) is 0 Å². The molecule has 7 atom stereocenters. The summed E-state index contributed by atoms with van der Waals surface area (Å²) in [5.74, 6) is 3.21. The van der Waals surface area contributed by atoms with Crippen LogP contribution >= 0.6 is 0 Å². The molecule has 4 aliphatic rings. The average molecular weight is 361 g/mol. The Hall–Kier alpha value is -0.860. The molecule has 146 valence electrons. The molecule has 4 fully saturated rings. The molecular weight excluding hydrogens is 324 g/mol. The molecule has 0 amide bonds. The number of esters is 1. The van der Waals surface area contributed by atoms with Gasteiger partial charge in [-0.2, -0.15) is 0 Å². The van der Waals surface area contributed by atoms with E-state index in [-0.39, 0.29) is 17.0 Å². The molecule has 4 rings (SSSR count). The van der Waals surface area contributed by atoms with Crippen LogP contribution in [0.5, 0.6) is 0 Å². The molecule has 26 heavy (non-hydrogen) atoms. The van der Waals surface area contributed by atoms with Crippen LogP contribution in [0.25, 0.3) is 0 Å². The van der Waals surface area contributed by atoms with Crippen molar-refractivity contribution >= 4 is 11.8 Å². The van der Waals surface area contributed by atoms with E-state index < -0.39 is 0 Å². The lowest BCUT2D eigenvalue weighted by Crippen LogP contribution is -2.56. The molecular formula is C23H36O3. The third kappa shape index (κ3) is 2.52. The van der Waals surface area contributed by atoms with Crippen molar-refractivity contribution < 1.29 is 14.3 Å². The molecule has 0 saturated heterocycles. The Labute approximate surface area is 158 Å². The van der Waals surface area contributed by atoms with Crippen molar-refractivity contribution in [2.75, 3.05) is 0 Å². The highest BCUT2D eigenvalue weighted by Gasteiger charge is 2.61. The Morgan fingerprint density at radius 3 is 2.54 bits per heavy atom. The van der Waals surface area contributed by atoms with E-state index in [1.807, 2.05) is 0 Å². The SMILES string of the molecule is CC[C@@]1(OC(C)=O)CC[C@@]2(C)[C@@H](CC[C@@H]3[C@H]4CCC(=O)[C@@]4(C)CC[C@@H]32)C1. The van der Waals surface area contributed by atoms with Gasteiger partial charge in [-0.3, -0.25) is 9.59 Å². The van der Waals surface area contributed by atoms with Gasteiger partial charge >= 0.3 is 5.97 Å². The average Bonchev–Trinajstić information content (AvgIpc) is 2.90. The minimum absolute atomic E-state index is 0.0239. The van der Waals surface area contributed by atoms with Gasteiger partial charge in [0.1, 0.15) is 11.4 Å². The maximum Gasteiger partial charge on any atom is 0.303 e. The van der Waals surface area contributed by atoms with Gasteiger partial charge in [0.25, 0.3) is 0 Å². The number of Topliss-reactive ketones (excluding diaryl/α,β-unsaturated/α-hetero) is 1. The molecule has 4 saturated carbocycles. The van der Waals surface area contributed by atoms with Crippen LogP contribution in [0.15, 0.2) is 0 Å². The number of carbonyl (C=O) groups excluding carboxylic acids is 2. The fourth-order valence-corrected chi connectivity index (χ4v) is 7.87. The monoisotopic (exact) mass is 360 g/mol. The van der Waals surface area contributed by atoms with Crippen LogP contribution in [0.2, 0.25) is 0 Å². The highest BCUT2D eigenvalue weighted by Crippen LogP contribution is 2.66. The number of hydrogen-bond donors (Lipinski definition) is 0. The summed E-state index contributed by atoms with van der Waals surface area (Å²) in [5, 5.41) is 0. The number of ether oxygens (including phenoxy) is 1. The second-order valence-electron chi connectivity index (χ2n) is 10.4. The van der Waals surface area contributed by atoms with Gasteiger partial charge in [0.15, 0.2) is 0 Å². The molecule has 3 heteroatoms. The number of carbonyl (C=O) groups is 2. The predicted octanol–water partition coefficient (Wildman–Crippen LogP) is 5.31. The first-order chi connectivity index (χ1) is 12.2. The van der Waals surface area contributed by atoms with Crippen LogP contribution in [0.4, 0.5) is 0 Å². The zero-order valence-corrected chi connectivity index (χ0v) is 17.1. The Morgan fingerprint density at radius 1 is 1.08 bits per heavy atom. The topological polar surface area (TPSA) is 43.4 Å². The van der Waals surface area contributed by atoms with Crippen molar-refractivity contribution in [3.05, 3.63) is 0 Å². The van der Waals surface area contributed by atoms with E-state index in [9.17, 15) is 9.59 Å². The van der Waals surface area contributed by atoms with E-state index >= 15 is 0 Å². The number of ketones is 1. The lowest BCUT2D eigenvalue weighted by molar-refractivity contribution is -0.182. The van der Waals surface area contributed by atoms with Crippen molar-refractivity contribution in [1.29, 1.82) is 0 Å². The largest absolute Gasteiger partial charge is 0.459 e. The minimum atomic E-state index is -0.227. The molecule has 0 N–H and O–H groups in total. The summed E-state index contributed by atoms with van der Waals surface area (Å²) >= 11 is 0. The quantitative estimate of drug-likeness (QED) is 0.627. The van der Waals surface area contributed by atoms with E-state index in [0.29, 0.717) is 23.0 Å². The van der Waals surface area contributed by atoms with E-state index in [4.69, 9.17) is 4.74 Å².